The van der Waals surface area contributed by atoms with E-state index in [0.717, 1.165) is 25.7 Å². The minimum Gasteiger partial charge on any atom is -0.467 e. The molecule has 3 unspecified atom stereocenters. The number of hydrogen-bond donors (Lipinski definition) is 0. The number of carbonyl (C=O) groups is 1. The fourth-order valence-corrected chi connectivity index (χ4v) is 3.63. The van der Waals surface area contributed by atoms with E-state index in [-0.39, 0.29) is 30.0 Å². The van der Waals surface area contributed by atoms with Gasteiger partial charge in [0, 0.05) is 19.2 Å². The molecule has 2 aliphatic carbocycles. The van der Waals surface area contributed by atoms with E-state index < -0.39 is 5.82 Å². The van der Waals surface area contributed by atoms with Crippen molar-refractivity contribution in [3.63, 3.8) is 0 Å². The summed E-state index contributed by atoms with van der Waals surface area (Å²) in [5.74, 6) is 0.247. The highest BCUT2D eigenvalue weighted by molar-refractivity contribution is 5.77. The highest BCUT2D eigenvalue weighted by Crippen LogP contribution is 2.36. The molecule has 0 spiro atoms. The highest BCUT2D eigenvalue weighted by Gasteiger charge is 2.46. The molecule has 0 aromatic carbocycles. The van der Waals surface area contributed by atoms with E-state index in [1.165, 1.54) is 18.3 Å². The minimum atomic E-state index is -0.480. The molecule has 5 nitrogen and oxygen atoms in total. The molecule has 1 saturated heterocycles. The van der Waals surface area contributed by atoms with Crippen LogP contribution < -0.4 is 4.74 Å². The molecule has 4 rings (SSSR count). The van der Waals surface area contributed by atoms with Crippen molar-refractivity contribution in [3.8, 4) is 5.88 Å². The summed E-state index contributed by atoms with van der Waals surface area (Å²) in [7, 11) is 0. The summed E-state index contributed by atoms with van der Waals surface area (Å²) < 4.78 is 25.5. The molecule has 3 atom stereocenters. The van der Waals surface area contributed by atoms with E-state index in [9.17, 15) is 9.18 Å². The van der Waals surface area contributed by atoms with Crippen LogP contribution in [0.5, 0.6) is 5.88 Å². The van der Waals surface area contributed by atoms with Gasteiger partial charge in [-0.15, -0.1) is 0 Å². The van der Waals surface area contributed by atoms with Crippen molar-refractivity contribution in [2.75, 3.05) is 13.2 Å². The highest BCUT2D eigenvalue weighted by atomic mass is 19.1. The van der Waals surface area contributed by atoms with Crippen molar-refractivity contribution in [2.24, 2.45) is 5.92 Å². The summed E-state index contributed by atoms with van der Waals surface area (Å²) in [6.07, 6.45) is 5.66. The van der Waals surface area contributed by atoms with Gasteiger partial charge in [0.05, 0.1) is 18.8 Å². The average Bonchev–Trinajstić information content (AvgIpc) is 3.26. The van der Waals surface area contributed by atoms with Crippen LogP contribution in [0.3, 0.4) is 0 Å². The summed E-state index contributed by atoms with van der Waals surface area (Å²) in [4.78, 5) is 18.5. The van der Waals surface area contributed by atoms with Crippen LogP contribution in [0.1, 0.15) is 32.1 Å². The zero-order valence-corrected chi connectivity index (χ0v) is 13.0. The van der Waals surface area contributed by atoms with E-state index in [4.69, 9.17) is 9.47 Å². The number of carbonyl (C=O) groups excluding carboxylic acids is 1. The van der Waals surface area contributed by atoms with E-state index in [1.807, 2.05) is 4.90 Å². The molecule has 2 heterocycles. The van der Waals surface area contributed by atoms with Gasteiger partial charge in [0.25, 0.3) is 5.88 Å². The molecule has 0 N–H and O–H groups in total. The first-order valence-corrected chi connectivity index (χ1v) is 8.40. The third kappa shape index (κ3) is 3.04. The van der Waals surface area contributed by atoms with Gasteiger partial charge in [0.1, 0.15) is 6.10 Å². The van der Waals surface area contributed by atoms with Crippen LogP contribution in [-0.4, -0.2) is 47.2 Å². The maximum atomic E-state index is 13.8. The Kier molecular flexibility index (Phi) is 3.93. The quantitative estimate of drug-likeness (QED) is 0.853. The molecule has 1 aliphatic heterocycles. The standard InChI is InChI=1S/C17H21FN2O3/c18-12-2-1-7-19-17(12)23-16-13-5-6-14(16)22-9-8-20(13)15(21)10-11-3-4-11/h1-2,7,11,13-14,16H,3-6,8-10H2. The second kappa shape index (κ2) is 6.07. The molecule has 1 aromatic heterocycles. The van der Waals surface area contributed by atoms with Gasteiger partial charge in [-0.1, -0.05) is 0 Å². The van der Waals surface area contributed by atoms with Crippen molar-refractivity contribution in [1.82, 2.24) is 9.88 Å². The Hall–Kier alpha value is -1.69. The van der Waals surface area contributed by atoms with E-state index >= 15 is 0 Å². The smallest absolute Gasteiger partial charge is 0.250 e. The molecule has 6 heteroatoms. The Bertz CT molecular complexity index is 593. The first kappa shape index (κ1) is 14.9. The number of aromatic nitrogens is 1. The van der Waals surface area contributed by atoms with Gasteiger partial charge in [0.2, 0.25) is 5.91 Å². The van der Waals surface area contributed by atoms with E-state index in [2.05, 4.69) is 4.98 Å². The van der Waals surface area contributed by atoms with Crippen molar-refractivity contribution in [2.45, 2.75) is 50.4 Å². The number of hydrogen-bond acceptors (Lipinski definition) is 4. The van der Waals surface area contributed by atoms with Gasteiger partial charge >= 0.3 is 0 Å². The van der Waals surface area contributed by atoms with Gasteiger partial charge in [-0.2, -0.15) is 0 Å². The number of pyridine rings is 1. The lowest BCUT2D eigenvalue weighted by atomic mass is 10.1. The zero-order valence-electron chi connectivity index (χ0n) is 13.0. The number of halogens is 1. The number of amides is 1. The number of nitrogens with zero attached hydrogens (tertiary/aromatic N) is 2. The van der Waals surface area contributed by atoms with Crippen LogP contribution in [-0.2, 0) is 9.53 Å². The Morgan fingerprint density at radius 1 is 1.39 bits per heavy atom. The molecule has 1 aromatic rings. The predicted molar refractivity (Wildman–Crippen MR) is 80.4 cm³/mol. The van der Waals surface area contributed by atoms with Crippen LogP contribution in [0, 0.1) is 11.7 Å². The maximum Gasteiger partial charge on any atom is 0.250 e. The van der Waals surface area contributed by atoms with Gasteiger partial charge in [0.15, 0.2) is 5.82 Å². The Morgan fingerprint density at radius 3 is 3.04 bits per heavy atom. The molecular formula is C17H21FN2O3. The third-order valence-corrected chi connectivity index (χ3v) is 5.01. The van der Waals surface area contributed by atoms with Crippen LogP contribution in [0.2, 0.25) is 0 Å². The number of ether oxygens (including phenoxy) is 2. The van der Waals surface area contributed by atoms with Crippen molar-refractivity contribution in [1.29, 1.82) is 0 Å². The molecule has 3 fully saturated rings. The fourth-order valence-electron chi connectivity index (χ4n) is 3.63. The first-order chi connectivity index (χ1) is 11.2. The predicted octanol–water partition coefficient (Wildman–Crippen LogP) is 2.16. The van der Waals surface area contributed by atoms with E-state index in [0.29, 0.717) is 25.5 Å². The molecular weight excluding hydrogens is 299 g/mol. The topological polar surface area (TPSA) is 51.7 Å². The van der Waals surface area contributed by atoms with Gasteiger partial charge in [-0.05, 0) is 43.7 Å². The summed E-state index contributed by atoms with van der Waals surface area (Å²) in [5.41, 5.74) is 0. The summed E-state index contributed by atoms with van der Waals surface area (Å²) in [6, 6.07) is 2.82. The summed E-state index contributed by atoms with van der Waals surface area (Å²) in [5, 5.41) is 0. The molecule has 124 valence electrons. The number of rotatable bonds is 4. The molecule has 2 bridgehead atoms. The van der Waals surface area contributed by atoms with Crippen molar-refractivity contribution < 1.29 is 18.7 Å². The fraction of sp³-hybridized carbons (Fsp3) is 0.647. The van der Waals surface area contributed by atoms with Crippen LogP contribution in [0.15, 0.2) is 18.3 Å². The van der Waals surface area contributed by atoms with Gasteiger partial charge < -0.3 is 14.4 Å². The largest absolute Gasteiger partial charge is 0.467 e. The lowest BCUT2D eigenvalue weighted by Gasteiger charge is -2.31. The lowest BCUT2D eigenvalue weighted by molar-refractivity contribution is -0.135. The van der Waals surface area contributed by atoms with Crippen molar-refractivity contribution >= 4 is 5.91 Å². The second-order valence-electron chi connectivity index (χ2n) is 6.66. The van der Waals surface area contributed by atoms with Crippen molar-refractivity contribution in [3.05, 3.63) is 24.1 Å². The third-order valence-electron chi connectivity index (χ3n) is 5.01. The molecule has 2 saturated carbocycles. The molecule has 0 radical (unpaired) electrons. The maximum absolute atomic E-state index is 13.8. The summed E-state index contributed by atoms with van der Waals surface area (Å²) >= 11 is 0. The average molecular weight is 320 g/mol. The Balaban J connectivity index is 1.53. The Labute approximate surface area is 134 Å². The molecule has 23 heavy (non-hydrogen) atoms. The SMILES string of the molecule is O=C(CC1CC1)N1CCOC2CCC1C2Oc1ncccc1F. The van der Waals surface area contributed by atoms with Crippen LogP contribution >= 0.6 is 0 Å². The number of fused-ring (bicyclic) bond motifs is 2. The Morgan fingerprint density at radius 2 is 2.26 bits per heavy atom. The minimum absolute atomic E-state index is 0.00510. The normalized spacial score (nSPS) is 30.1. The van der Waals surface area contributed by atoms with Gasteiger partial charge in [-0.3, -0.25) is 4.79 Å². The molecule has 1 amide bonds. The van der Waals surface area contributed by atoms with Crippen LogP contribution in [0.25, 0.3) is 0 Å². The monoisotopic (exact) mass is 320 g/mol. The lowest BCUT2D eigenvalue weighted by Crippen LogP contribution is -2.47. The van der Waals surface area contributed by atoms with Gasteiger partial charge in [-0.25, -0.2) is 9.37 Å². The second-order valence-corrected chi connectivity index (χ2v) is 6.66. The zero-order chi connectivity index (χ0) is 15.8. The van der Waals surface area contributed by atoms with Crippen LogP contribution in [0.4, 0.5) is 4.39 Å². The van der Waals surface area contributed by atoms with E-state index in [1.54, 1.807) is 0 Å². The first-order valence-electron chi connectivity index (χ1n) is 8.40. The summed E-state index contributed by atoms with van der Waals surface area (Å²) in [6.45, 7) is 1.11. The molecule has 3 aliphatic rings.